The van der Waals surface area contributed by atoms with Gasteiger partial charge in [-0.05, 0) is 31.2 Å². The van der Waals surface area contributed by atoms with Gasteiger partial charge in [-0.3, -0.25) is 0 Å². The van der Waals surface area contributed by atoms with Gasteiger partial charge in [0.2, 0.25) is 10.0 Å². The van der Waals surface area contributed by atoms with Crippen molar-refractivity contribution in [3.63, 3.8) is 0 Å². The van der Waals surface area contributed by atoms with E-state index in [0.717, 1.165) is 20.5 Å². The van der Waals surface area contributed by atoms with Gasteiger partial charge in [0.05, 0.1) is 13.6 Å². The molecule has 0 aliphatic carbocycles. The molecule has 0 unspecified atom stereocenters. The average molecular weight is 293 g/mol. The fourth-order valence-electron chi connectivity index (χ4n) is 1.58. The van der Waals surface area contributed by atoms with E-state index in [9.17, 15) is 8.42 Å². The molecule has 2 aromatic heterocycles. The lowest BCUT2D eigenvalue weighted by Crippen LogP contribution is -2.11. The quantitative estimate of drug-likeness (QED) is 0.866. The van der Waals surface area contributed by atoms with Gasteiger partial charge in [-0.1, -0.05) is 0 Å². The van der Waals surface area contributed by atoms with Crippen molar-refractivity contribution in [1.82, 2.24) is 0 Å². The second-order valence-electron chi connectivity index (χ2n) is 3.44. The smallest absolute Gasteiger partial charge is 0.224 e. The zero-order valence-corrected chi connectivity index (χ0v) is 12.3. The number of hydrogen-bond acceptors (Lipinski definition) is 5. The zero-order chi connectivity index (χ0) is 12.1. The van der Waals surface area contributed by atoms with Gasteiger partial charge in [0, 0.05) is 0 Å². The van der Waals surface area contributed by atoms with E-state index in [0.29, 0.717) is 4.21 Å². The maximum absolute atomic E-state index is 11.4. The van der Waals surface area contributed by atoms with Gasteiger partial charge in [0.15, 0.2) is 0 Å². The van der Waals surface area contributed by atoms with Crippen molar-refractivity contribution in [3.05, 3.63) is 11.1 Å². The summed E-state index contributed by atoms with van der Waals surface area (Å²) >= 11 is 4.61. The summed E-state index contributed by atoms with van der Waals surface area (Å²) in [6.07, 6.45) is 2.03. The molecule has 7 heteroatoms. The molecule has 0 atom stereocenters. The number of thioether (sulfide) groups is 1. The highest BCUT2D eigenvalue weighted by Gasteiger charge is 2.21. The minimum atomic E-state index is -3.58. The lowest BCUT2D eigenvalue weighted by Gasteiger charge is -1.95. The van der Waals surface area contributed by atoms with E-state index in [1.807, 2.05) is 20.1 Å². The Morgan fingerprint density at radius 3 is 2.12 bits per heavy atom. The molecule has 2 heterocycles. The van der Waals surface area contributed by atoms with E-state index < -0.39 is 10.0 Å². The molecule has 0 bridgehead atoms. The largest absolute Gasteiger partial charge is 0.247 e. The molecule has 0 aromatic carbocycles. The van der Waals surface area contributed by atoms with Crippen molar-refractivity contribution in [2.45, 2.75) is 22.3 Å². The highest BCUT2D eigenvalue weighted by Crippen LogP contribution is 2.44. The first-order valence-corrected chi connectivity index (χ1v) is 8.86. The van der Waals surface area contributed by atoms with Gasteiger partial charge < -0.3 is 0 Å². The summed E-state index contributed by atoms with van der Waals surface area (Å²) in [5, 5.41) is 5.18. The van der Waals surface area contributed by atoms with Gasteiger partial charge in [-0.2, -0.15) is 0 Å². The molecule has 16 heavy (non-hydrogen) atoms. The monoisotopic (exact) mass is 293 g/mol. The Hall–Kier alpha value is -0.0800. The van der Waals surface area contributed by atoms with Gasteiger partial charge in [-0.15, -0.1) is 34.4 Å². The molecule has 0 radical (unpaired) electrons. The van der Waals surface area contributed by atoms with Crippen LogP contribution >= 0.6 is 34.4 Å². The molecule has 0 amide bonds. The molecule has 88 valence electrons. The first-order chi connectivity index (χ1) is 7.36. The highest BCUT2D eigenvalue weighted by atomic mass is 32.2. The van der Waals surface area contributed by atoms with Crippen molar-refractivity contribution in [1.29, 1.82) is 0 Å². The Balaban J connectivity index is 2.82. The molecule has 3 nitrogen and oxygen atoms in total. The van der Waals surface area contributed by atoms with Crippen molar-refractivity contribution in [2.24, 2.45) is 5.14 Å². The van der Waals surface area contributed by atoms with Crippen LogP contribution in [0.15, 0.2) is 8.42 Å². The molecular weight excluding hydrogens is 282 g/mol. The minimum Gasteiger partial charge on any atom is -0.224 e. The Bertz CT molecular complexity index is 651. The number of aryl methyl sites for hydroxylation is 2. The van der Waals surface area contributed by atoms with Crippen LogP contribution in [0.4, 0.5) is 0 Å². The van der Waals surface area contributed by atoms with E-state index in [2.05, 4.69) is 0 Å². The Morgan fingerprint density at radius 1 is 1.12 bits per heavy atom. The van der Waals surface area contributed by atoms with Gasteiger partial charge in [-0.25, -0.2) is 13.6 Å². The molecule has 2 aromatic rings. The van der Waals surface area contributed by atoms with Crippen LogP contribution in [0.2, 0.25) is 0 Å². The van der Waals surface area contributed by atoms with Crippen LogP contribution in [0.1, 0.15) is 11.1 Å². The van der Waals surface area contributed by atoms with Crippen molar-refractivity contribution >= 4 is 53.9 Å². The van der Waals surface area contributed by atoms with Gasteiger partial charge in [0.25, 0.3) is 0 Å². The highest BCUT2D eigenvalue weighted by molar-refractivity contribution is 8.00. The lowest BCUT2D eigenvalue weighted by atomic mass is 10.3. The number of hydrogen-bond donors (Lipinski definition) is 1. The summed E-state index contributed by atoms with van der Waals surface area (Å²) in [6, 6.07) is 0. The molecular formula is C9H11NO2S4. The Morgan fingerprint density at radius 2 is 1.69 bits per heavy atom. The van der Waals surface area contributed by atoms with Crippen molar-refractivity contribution < 1.29 is 8.42 Å². The third-order valence-electron chi connectivity index (χ3n) is 2.33. The van der Waals surface area contributed by atoms with Crippen LogP contribution in [0.5, 0.6) is 0 Å². The minimum absolute atomic E-state index is 0.296. The summed E-state index contributed by atoms with van der Waals surface area (Å²) in [5.74, 6) is 0. The number of fused-ring (bicyclic) bond motifs is 1. The molecule has 2 N–H and O–H groups in total. The standard InChI is InChI=1S/C9H11NO2S4/c1-4-6-7(14-8(4)13-3)5(2)9(15-6)16(10,11)12/h1-3H3,(H2,10,11,12). The second kappa shape index (κ2) is 3.99. The number of nitrogens with two attached hydrogens (primary N) is 1. The maximum atomic E-state index is 11.4. The number of sulfonamides is 1. The third kappa shape index (κ3) is 1.80. The van der Waals surface area contributed by atoms with E-state index >= 15 is 0 Å². The second-order valence-corrected chi connectivity index (χ2v) is 8.31. The van der Waals surface area contributed by atoms with E-state index in [4.69, 9.17) is 5.14 Å². The van der Waals surface area contributed by atoms with Crippen LogP contribution in [-0.2, 0) is 10.0 Å². The third-order valence-corrected chi connectivity index (χ3v) is 8.07. The summed E-state index contributed by atoms with van der Waals surface area (Å²) in [6.45, 7) is 3.84. The molecule has 0 aliphatic rings. The summed E-state index contributed by atoms with van der Waals surface area (Å²) in [5.41, 5.74) is 1.95. The molecule has 0 saturated heterocycles. The predicted octanol–water partition coefficient (Wildman–Crippen LogP) is 2.95. The van der Waals surface area contributed by atoms with Crippen LogP contribution in [-0.4, -0.2) is 14.7 Å². The lowest BCUT2D eigenvalue weighted by molar-refractivity contribution is 0.599. The molecule has 0 fully saturated rings. The van der Waals surface area contributed by atoms with E-state index in [-0.39, 0.29) is 0 Å². The maximum Gasteiger partial charge on any atom is 0.247 e. The van der Waals surface area contributed by atoms with E-state index in [1.165, 1.54) is 15.5 Å². The van der Waals surface area contributed by atoms with Crippen LogP contribution in [0.25, 0.3) is 9.40 Å². The van der Waals surface area contributed by atoms with Gasteiger partial charge >= 0.3 is 0 Å². The number of rotatable bonds is 2. The normalized spacial score (nSPS) is 12.5. The Labute approximate surface area is 107 Å². The zero-order valence-electron chi connectivity index (χ0n) is 9.03. The molecule has 2 rings (SSSR count). The average Bonchev–Trinajstić information content (AvgIpc) is 2.65. The summed E-state index contributed by atoms with van der Waals surface area (Å²) < 4.78 is 26.4. The Kier molecular flexibility index (Phi) is 3.09. The van der Waals surface area contributed by atoms with E-state index in [1.54, 1.807) is 23.1 Å². The van der Waals surface area contributed by atoms with Crippen LogP contribution < -0.4 is 5.14 Å². The van der Waals surface area contributed by atoms with Crippen molar-refractivity contribution in [2.75, 3.05) is 6.26 Å². The first kappa shape index (κ1) is 12.4. The summed E-state index contributed by atoms with van der Waals surface area (Å²) in [7, 11) is -3.58. The fraction of sp³-hybridized carbons (Fsp3) is 0.333. The van der Waals surface area contributed by atoms with Crippen LogP contribution in [0, 0.1) is 13.8 Å². The number of thiophene rings is 2. The van der Waals surface area contributed by atoms with Crippen molar-refractivity contribution in [3.8, 4) is 0 Å². The topological polar surface area (TPSA) is 60.2 Å². The summed E-state index contributed by atoms with van der Waals surface area (Å²) in [4.78, 5) is 0. The van der Waals surface area contributed by atoms with Gasteiger partial charge in [0.1, 0.15) is 4.21 Å². The fourth-order valence-corrected chi connectivity index (χ4v) is 6.20. The first-order valence-electron chi connectivity index (χ1n) is 4.45. The molecule has 0 spiro atoms. The molecule has 0 saturated carbocycles. The molecule has 0 aliphatic heterocycles. The SMILES string of the molecule is CSc1sc2c(C)c(S(N)(=O)=O)sc2c1C. The predicted molar refractivity (Wildman–Crippen MR) is 72.3 cm³/mol. The van der Waals surface area contributed by atoms with Crippen LogP contribution in [0.3, 0.4) is 0 Å². The number of primary sulfonamides is 1.